The molecule has 2 unspecified atom stereocenters. The topological polar surface area (TPSA) is 86.7 Å². The third-order valence-electron chi connectivity index (χ3n) is 6.86. The van der Waals surface area contributed by atoms with Crippen LogP contribution in [0.3, 0.4) is 0 Å². The van der Waals surface area contributed by atoms with E-state index in [1.54, 1.807) is 43.4 Å². The normalized spacial score (nSPS) is 25.2. The molecule has 4 rings (SSSR count). The fourth-order valence-corrected chi connectivity index (χ4v) is 4.76. The number of carbonyl (C=O) groups is 4. The number of aldehydes is 2. The van der Waals surface area contributed by atoms with Crippen molar-refractivity contribution in [2.24, 2.45) is 17.8 Å². The van der Waals surface area contributed by atoms with Crippen molar-refractivity contribution in [1.29, 1.82) is 0 Å². The number of carbonyl (C=O) groups excluding carboxylic acids is 4. The maximum atomic E-state index is 13.8. The molecule has 1 saturated carbocycles. The Morgan fingerprint density at radius 2 is 1.67 bits per heavy atom. The predicted octanol–water partition coefficient (Wildman–Crippen LogP) is 5.62. The number of benzene rings is 1. The maximum Gasteiger partial charge on any atom is 0.232 e. The number of hydrogen-bond acceptors (Lipinski definition) is 6. The average Bonchev–Trinajstić information content (AvgIpc) is 2.90. The van der Waals surface area contributed by atoms with E-state index in [2.05, 4.69) is 0 Å². The molecule has 0 amide bonds. The van der Waals surface area contributed by atoms with Crippen molar-refractivity contribution in [2.75, 3.05) is 0 Å². The lowest BCUT2D eigenvalue weighted by atomic mass is 9.82. The van der Waals surface area contributed by atoms with E-state index >= 15 is 0 Å². The molecule has 0 N–H and O–H groups in total. The molecule has 0 radical (unpaired) electrons. The lowest BCUT2D eigenvalue weighted by Gasteiger charge is -2.26. The summed E-state index contributed by atoms with van der Waals surface area (Å²) in [7, 11) is 0. The van der Waals surface area contributed by atoms with E-state index in [1.807, 2.05) is 19.1 Å². The van der Waals surface area contributed by atoms with Gasteiger partial charge in [-0.1, -0.05) is 56.5 Å². The number of allylic oxidation sites excluding steroid dienone is 7. The van der Waals surface area contributed by atoms with Crippen molar-refractivity contribution >= 4 is 24.1 Å². The first-order valence-corrected chi connectivity index (χ1v) is 12.4. The Morgan fingerprint density at radius 3 is 2.36 bits per heavy atom. The Morgan fingerprint density at radius 1 is 0.944 bits per heavy atom. The molecule has 1 aromatic rings. The number of ketones is 2. The highest BCUT2D eigenvalue weighted by molar-refractivity contribution is 6.28. The van der Waals surface area contributed by atoms with Crippen molar-refractivity contribution in [2.45, 2.75) is 46.0 Å². The molecule has 186 valence electrons. The first-order chi connectivity index (χ1) is 17.4. The largest absolute Gasteiger partial charge is 0.449 e. The zero-order valence-corrected chi connectivity index (χ0v) is 20.6. The van der Waals surface area contributed by atoms with Gasteiger partial charge in [0.25, 0.3) is 0 Å². The first-order valence-electron chi connectivity index (χ1n) is 12.4. The summed E-state index contributed by atoms with van der Waals surface area (Å²) in [5.41, 5.74) is 0.962. The Balaban J connectivity index is 1.79. The van der Waals surface area contributed by atoms with Crippen molar-refractivity contribution in [1.82, 2.24) is 0 Å². The van der Waals surface area contributed by atoms with Gasteiger partial charge in [0.2, 0.25) is 23.1 Å². The maximum absolute atomic E-state index is 13.8. The molecule has 3 aliphatic rings. The monoisotopic (exact) mass is 486 g/mol. The molecule has 0 spiro atoms. The highest BCUT2D eigenvalue weighted by Crippen LogP contribution is 2.36. The van der Waals surface area contributed by atoms with Crippen LogP contribution in [-0.2, 0) is 19.1 Å². The Labute approximate surface area is 211 Å². The van der Waals surface area contributed by atoms with E-state index in [1.165, 1.54) is 12.5 Å². The molecular weight excluding hydrogens is 456 g/mol. The van der Waals surface area contributed by atoms with Crippen LogP contribution in [0.2, 0.25) is 0 Å². The van der Waals surface area contributed by atoms with Crippen LogP contribution in [-0.4, -0.2) is 24.1 Å². The second-order valence-corrected chi connectivity index (χ2v) is 9.39. The SMILES string of the molecule is C/C=C1/C(=O)C(OC2=CC(C=O)C(C)C=C2)=C(Oc2cccc(C=O)c2)C(=O)/C1=C/C1CCCCC1. The number of rotatable bonds is 7. The fourth-order valence-electron chi connectivity index (χ4n) is 4.76. The molecule has 0 heterocycles. The quantitative estimate of drug-likeness (QED) is 0.367. The van der Waals surface area contributed by atoms with E-state index < -0.39 is 17.5 Å². The summed E-state index contributed by atoms with van der Waals surface area (Å²) in [5, 5.41) is 0. The predicted molar refractivity (Wildman–Crippen MR) is 135 cm³/mol. The van der Waals surface area contributed by atoms with Crippen LogP contribution < -0.4 is 4.74 Å². The van der Waals surface area contributed by atoms with Gasteiger partial charge in [-0.05, 0) is 55.9 Å². The molecule has 2 atom stereocenters. The van der Waals surface area contributed by atoms with Crippen molar-refractivity contribution < 1.29 is 28.7 Å². The zero-order chi connectivity index (χ0) is 25.7. The van der Waals surface area contributed by atoms with E-state index in [9.17, 15) is 19.2 Å². The van der Waals surface area contributed by atoms with Crippen LogP contribution in [0.4, 0.5) is 0 Å². The van der Waals surface area contributed by atoms with Gasteiger partial charge in [-0.3, -0.25) is 14.4 Å². The van der Waals surface area contributed by atoms with E-state index in [0.717, 1.165) is 32.0 Å². The number of Topliss-reactive ketones (excluding diaryl/α,β-unsaturated/α-hetero) is 2. The smallest absolute Gasteiger partial charge is 0.232 e. The molecule has 0 aliphatic heterocycles. The molecule has 0 bridgehead atoms. The van der Waals surface area contributed by atoms with Gasteiger partial charge in [0.05, 0.1) is 0 Å². The molecule has 1 fully saturated rings. The summed E-state index contributed by atoms with van der Waals surface area (Å²) < 4.78 is 11.9. The van der Waals surface area contributed by atoms with Crippen LogP contribution in [0.15, 0.2) is 83.1 Å². The third kappa shape index (κ3) is 5.38. The molecule has 0 saturated heterocycles. The molecule has 6 heteroatoms. The van der Waals surface area contributed by atoms with Gasteiger partial charge >= 0.3 is 0 Å². The minimum Gasteiger partial charge on any atom is -0.449 e. The van der Waals surface area contributed by atoms with E-state index in [4.69, 9.17) is 9.47 Å². The second kappa shape index (κ2) is 11.3. The van der Waals surface area contributed by atoms with Gasteiger partial charge in [-0.15, -0.1) is 0 Å². The van der Waals surface area contributed by atoms with Gasteiger partial charge in [0, 0.05) is 22.6 Å². The number of ether oxygens (including phenoxy) is 2. The molecule has 3 aliphatic carbocycles. The minimum atomic E-state index is -0.462. The minimum absolute atomic E-state index is 0.00884. The van der Waals surface area contributed by atoms with Gasteiger partial charge in [-0.25, -0.2) is 0 Å². The number of hydrogen-bond donors (Lipinski definition) is 0. The van der Waals surface area contributed by atoms with Gasteiger partial charge in [0.1, 0.15) is 24.1 Å². The third-order valence-corrected chi connectivity index (χ3v) is 6.86. The van der Waals surface area contributed by atoms with Crippen LogP contribution in [0.25, 0.3) is 0 Å². The molecular formula is C30H30O6. The molecule has 0 aromatic heterocycles. The van der Waals surface area contributed by atoms with E-state index in [-0.39, 0.29) is 34.7 Å². The summed E-state index contributed by atoms with van der Waals surface area (Å²) in [6, 6.07) is 6.35. The van der Waals surface area contributed by atoms with Gasteiger partial charge < -0.3 is 14.3 Å². The van der Waals surface area contributed by atoms with Crippen LogP contribution >= 0.6 is 0 Å². The van der Waals surface area contributed by atoms with Crippen LogP contribution in [0.5, 0.6) is 5.75 Å². The average molecular weight is 487 g/mol. The summed E-state index contributed by atoms with van der Waals surface area (Å²) in [5.74, 6) is -1.04. The van der Waals surface area contributed by atoms with Gasteiger partial charge in [-0.2, -0.15) is 0 Å². The fraction of sp³-hybridized carbons (Fsp3) is 0.333. The van der Waals surface area contributed by atoms with Crippen molar-refractivity contribution in [3.63, 3.8) is 0 Å². The molecule has 1 aromatic carbocycles. The van der Waals surface area contributed by atoms with Crippen molar-refractivity contribution in [3.8, 4) is 5.75 Å². The first kappa shape index (κ1) is 25.3. The summed E-state index contributed by atoms with van der Waals surface area (Å²) >= 11 is 0. The Bertz CT molecular complexity index is 1220. The lowest BCUT2D eigenvalue weighted by molar-refractivity contribution is -0.120. The van der Waals surface area contributed by atoms with Crippen LogP contribution in [0, 0.1) is 17.8 Å². The Hall–Kier alpha value is -3.80. The standard InChI is InChI=1S/C30H30O6/c1-3-25-26(15-20-8-5-4-6-9-20)28(34)30(35-23-11-7-10-21(14-23)17-31)29(27(25)33)36-24-13-12-19(2)22(16-24)18-32/h3,7,10-20,22H,4-6,8-9H2,1-2H3/b25-3+,26-15+. The Kier molecular flexibility index (Phi) is 7.93. The highest BCUT2D eigenvalue weighted by atomic mass is 16.5. The van der Waals surface area contributed by atoms with E-state index in [0.29, 0.717) is 23.2 Å². The molecule has 36 heavy (non-hydrogen) atoms. The van der Waals surface area contributed by atoms with Gasteiger partial charge in [0.15, 0.2) is 0 Å². The van der Waals surface area contributed by atoms with Crippen LogP contribution in [0.1, 0.15) is 56.3 Å². The second-order valence-electron chi connectivity index (χ2n) is 9.39. The summed E-state index contributed by atoms with van der Waals surface area (Å²) in [4.78, 5) is 50.2. The highest BCUT2D eigenvalue weighted by Gasteiger charge is 2.39. The summed E-state index contributed by atoms with van der Waals surface area (Å²) in [6.45, 7) is 3.63. The van der Waals surface area contributed by atoms with Crippen molar-refractivity contribution in [3.05, 3.63) is 88.6 Å². The zero-order valence-electron chi connectivity index (χ0n) is 20.6. The lowest BCUT2D eigenvalue weighted by Crippen LogP contribution is -2.29. The summed E-state index contributed by atoms with van der Waals surface area (Å²) in [6.07, 6.45) is 15.5. The molecule has 6 nitrogen and oxygen atoms in total.